The Labute approximate surface area is 173 Å². The SMILES string of the molecule is Cc1cccc([N+](=O)[O-])c1NC(=O)COC(=O)c1ccc(OCC2CCCO2)cc1. The van der Waals surface area contributed by atoms with E-state index < -0.39 is 23.4 Å². The summed E-state index contributed by atoms with van der Waals surface area (Å²) in [4.78, 5) is 34.8. The van der Waals surface area contributed by atoms with Crippen LogP contribution in [0.15, 0.2) is 42.5 Å². The second-order valence-electron chi connectivity index (χ2n) is 6.82. The highest BCUT2D eigenvalue weighted by atomic mass is 16.6. The van der Waals surface area contributed by atoms with Crippen molar-refractivity contribution in [3.05, 3.63) is 63.7 Å². The molecule has 0 aromatic heterocycles. The average Bonchev–Trinajstić information content (AvgIpc) is 3.26. The Hall–Kier alpha value is -3.46. The molecule has 0 spiro atoms. The summed E-state index contributed by atoms with van der Waals surface area (Å²) < 4.78 is 16.1. The highest BCUT2D eigenvalue weighted by molar-refractivity contribution is 5.97. The van der Waals surface area contributed by atoms with Crippen molar-refractivity contribution in [3.8, 4) is 5.75 Å². The molecule has 1 saturated heterocycles. The average molecular weight is 414 g/mol. The van der Waals surface area contributed by atoms with Gasteiger partial charge in [-0.1, -0.05) is 12.1 Å². The van der Waals surface area contributed by atoms with Crippen LogP contribution in [0.5, 0.6) is 5.75 Å². The fourth-order valence-corrected chi connectivity index (χ4v) is 3.01. The van der Waals surface area contributed by atoms with E-state index in [0.717, 1.165) is 19.4 Å². The number of amides is 1. The Morgan fingerprint density at radius 1 is 1.23 bits per heavy atom. The number of benzene rings is 2. The van der Waals surface area contributed by atoms with E-state index in [0.29, 0.717) is 17.9 Å². The van der Waals surface area contributed by atoms with Crippen molar-refractivity contribution in [2.45, 2.75) is 25.9 Å². The van der Waals surface area contributed by atoms with Gasteiger partial charge in [-0.2, -0.15) is 0 Å². The van der Waals surface area contributed by atoms with E-state index in [1.165, 1.54) is 24.3 Å². The fraction of sp³-hybridized carbons (Fsp3) is 0.333. The number of carbonyl (C=O) groups excluding carboxylic acids is 2. The van der Waals surface area contributed by atoms with Gasteiger partial charge in [-0.3, -0.25) is 14.9 Å². The van der Waals surface area contributed by atoms with Crippen molar-refractivity contribution in [2.75, 3.05) is 25.1 Å². The van der Waals surface area contributed by atoms with Gasteiger partial charge in [0.1, 0.15) is 18.0 Å². The smallest absolute Gasteiger partial charge is 0.338 e. The number of nitro groups is 1. The van der Waals surface area contributed by atoms with Crippen molar-refractivity contribution < 1.29 is 28.7 Å². The number of para-hydroxylation sites is 1. The van der Waals surface area contributed by atoms with Crippen LogP contribution in [0.3, 0.4) is 0 Å². The number of nitro benzene ring substituents is 1. The van der Waals surface area contributed by atoms with Crippen LogP contribution in [0.4, 0.5) is 11.4 Å². The number of nitrogens with one attached hydrogen (secondary N) is 1. The molecule has 0 radical (unpaired) electrons. The molecule has 158 valence electrons. The van der Waals surface area contributed by atoms with Gasteiger partial charge < -0.3 is 19.5 Å². The maximum absolute atomic E-state index is 12.2. The Balaban J connectivity index is 1.50. The quantitative estimate of drug-likeness (QED) is 0.400. The second kappa shape index (κ2) is 9.84. The van der Waals surface area contributed by atoms with Gasteiger partial charge >= 0.3 is 5.97 Å². The number of anilines is 1. The van der Waals surface area contributed by atoms with E-state index >= 15 is 0 Å². The first-order valence-corrected chi connectivity index (χ1v) is 9.49. The standard InChI is InChI=1S/C21H22N2O7/c1-14-4-2-6-18(23(26)27)20(14)22-19(24)13-30-21(25)15-7-9-16(10-8-15)29-12-17-5-3-11-28-17/h2,4,6-10,17H,3,5,11-13H2,1H3,(H,22,24). The van der Waals surface area contributed by atoms with Crippen LogP contribution in [-0.2, 0) is 14.3 Å². The van der Waals surface area contributed by atoms with E-state index in [-0.39, 0.29) is 23.0 Å². The van der Waals surface area contributed by atoms with Gasteiger partial charge in [0.05, 0.1) is 16.6 Å². The maximum Gasteiger partial charge on any atom is 0.338 e. The predicted molar refractivity (Wildman–Crippen MR) is 108 cm³/mol. The lowest BCUT2D eigenvalue weighted by Gasteiger charge is -2.12. The number of hydrogen-bond acceptors (Lipinski definition) is 7. The molecular formula is C21H22N2O7. The van der Waals surface area contributed by atoms with E-state index in [1.807, 2.05) is 0 Å². The summed E-state index contributed by atoms with van der Waals surface area (Å²) in [5.41, 5.74) is 0.640. The fourth-order valence-electron chi connectivity index (χ4n) is 3.01. The molecule has 30 heavy (non-hydrogen) atoms. The lowest BCUT2D eigenvalue weighted by Crippen LogP contribution is -2.22. The lowest BCUT2D eigenvalue weighted by atomic mass is 10.1. The predicted octanol–water partition coefficient (Wildman–Crippen LogP) is 3.26. The first-order valence-electron chi connectivity index (χ1n) is 9.49. The number of nitrogens with zero attached hydrogens (tertiary/aromatic N) is 1. The molecule has 3 rings (SSSR count). The third-order valence-corrected chi connectivity index (χ3v) is 4.60. The zero-order valence-corrected chi connectivity index (χ0v) is 16.5. The minimum absolute atomic E-state index is 0.0799. The largest absolute Gasteiger partial charge is 0.491 e. The van der Waals surface area contributed by atoms with Crippen LogP contribution in [0.1, 0.15) is 28.8 Å². The Bertz CT molecular complexity index is 921. The van der Waals surface area contributed by atoms with Crippen LogP contribution < -0.4 is 10.1 Å². The van der Waals surface area contributed by atoms with Crippen LogP contribution in [0.2, 0.25) is 0 Å². The molecule has 2 aromatic carbocycles. The normalized spacial score (nSPS) is 15.4. The van der Waals surface area contributed by atoms with Gasteiger partial charge in [0.2, 0.25) is 0 Å². The summed E-state index contributed by atoms with van der Waals surface area (Å²) in [6.07, 6.45) is 2.10. The zero-order valence-electron chi connectivity index (χ0n) is 16.5. The van der Waals surface area contributed by atoms with Crippen molar-refractivity contribution in [1.82, 2.24) is 0 Å². The third-order valence-electron chi connectivity index (χ3n) is 4.60. The van der Waals surface area contributed by atoms with Gasteiger partial charge in [-0.15, -0.1) is 0 Å². The number of hydrogen-bond donors (Lipinski definition) is 1. The molecule has 9 nitrogen and oxygen atoms in total. The highest BCUT2D eigenvalue weighted by Crippen LogP contribution is 2.27. The second-order valence-corrected chi connectivity index (χ2v) is 6.82. The van der Waals surface area contributed by atoms with Gasteiger partial charge in [0.15, 0.2) is 6.61 Å². The summed E-state index contributed by atoms with van der Waals surface area (Å²) in [6.45, 7) is 2.28. The van der Waals surface area contributed by atoms with Crippen molar-refractivity contribution >= 4 is 23.3 Å². The zero-order chi connectivity index (χ0) is 21.5. The molecule has 1 fully saturated rings. The first kappa shape index (κ1) is 21.3. The minimum Gasteiger partial charge on any atom is -0.491 e. The number of aryl methyl sites for hydroxylation is 1. The van der Waals surface area contributed by atoms with Crippen LogP contribution >= 0.6 is 0 Å². The van der Waals surface area contributed by atoms with Crippen LogP contribution in [0, 0.1) is 17.0 Å². The van der Waals surface area contributed by atoms with Gasteiger partial charge in [0, 0.05) is 12.7 Å². The molecule has 0 bridgehead atoms. The van der Waals surface area contributed by atoms with Gasteiger partial charge in [0.25, 0.3) is 11.6 Å². The Morgan fingerprint density at radius 3 is 2.67 bits per heavy atom. The molecule has 0 saturated carbocycles. The van der Waals surface area contributed by atoms with E-state index in [1.54, 1.807) is 25.1 Å². The topological polar surface area (TPSA) is 117 Å². The molecule has 9 heteroatoms. The molecule has 1 unspecified atom stereocenters. The number of rotatable bonds is 8. The maximum atomic E-state index is 12.2. The number of ether oxygens (including phenoxy) is 3. The Kier molecular flexibility index (Phi) is 6.97. The van der Waals surface area contributed by atoms with Crippen LogP contribution in [0.25, 0.3) is 0 Å². The molecule has 1 N–H and O–H groups in total. The molecule has 1 amide bonds. The molecule has 1 aliphatic rings. The minimum atomic E-state index is -0.685. The first-order chi connectivity index (χ1) is 14.4. The van der Waals surface area contributed by atoms with E-state index in [2.05, 4.69) is 5.32 Å². The molecule has 1 atom stereocenters. The summed E-state index contributed by atoms with van der Waals surface area (Å²) in [7, 11) is 0. The molecule has 1 aliphatic heterocycles. The van der Waals surface area contributed by atoms with E-state index in [9.17, 15) is 19.7 Å². The third kappa shape index (κ3) is 5.54. The summed E-state index contributed by atoms with van der Waals surface area (Å²) >= 11 is 0. The summed E-state index contributed by atoms with van der Waals surface area (Å²) in [5, 5.41) is 13.5. The number of esters is 1. The number of carbonyl (C=O) groups is 2. The highest BCUT2D eigenvalue weighted by Gasteiger charge is 2.19. The lowest BCUT2D eigenvalue weighted by molar-refractivity contribution is -0.384. The molecule has 0 aliphatic carbocycles. The monoisotopic (exact) mass is 414 g/mol. The van der Waals surface area contributed by atoms with Crippen LogP contribution in [-0.4, -0.2) is 42.7 Å². The van der Waals surface area contributed by atoms with Gasteiger partial charge in [-0.25, -0.2) is 4.79 Å². The molecular weight excluding hydrogens is 392 g/mol. The summed E-state index contributed by atoms with van der Waals surface area (Å²) in [5.74, 6) is -0.751. The van der Waals surface area contributed by atoms with Crippen molar-refractivity contribution in [1.29, 1.82) is 0 Å². The van der Waals surface area contributed by atoms with Crippen molar-refractivity contribution in [3.63, 3.8) is 0 Å². The van der Waals surface area contributed by atoms with Gasteiger partial charge in [-0.05, 0) is 49.6 Å². The van der Waals surface area contributed by atoms with Crippen molar-refractivity contribution in [2.24, 2.45) is 0 Å². The molecule has 1 heterocycles. The molecule has 2 aromatic rings. The van der Waals surface area contributed by atoms with E-state index in [4.69, 9.17) is 14.2 Å². The Morgan fingerprint density at radius 2 is 2.00 bits per heavy atom. The summed E-state index contributed by atoms with van der Waals surface area (Å²) in [6, 6.07) is 10.8.